The van der Waals surface area contributed by atoms with Gasteiger partial charge in [0, 0.05) is 37.8 Å². The second-order valence-corrected chi connectivity index (χ2v) is 10.1. The summed E-state index contributed by atoms with van der Waals surface area (Å²) >= 11 is 0. The molecule has 0 N–H and O–H groups in total. The number of Topliss-reactive ketones (excluding diaryl/α,β-unsaturated/α-hetero) is 1. The fraction of sp³-hybridized carbons (Fsp3) is 0.438. The minimum atomic E-state index is -0.677. The first-order valence-corrected chi connectivity index (χ1v) is 13.9. The van der Waals surface area contributed by atoms with Crippen molar-refractivity contribution in [3.63, 3.8) is 0 Å². The summed E-state index contributed by atoms with van der Waals surface area (Å²) in [6.07, 6.45) is 0.778. The van der Waals surface area contributed by atoms with Gasteiger partial charge in [-0.1, -0.05) is 12.1 Å². The van der Waals surface area contributed by atoms with Crippen molar-refractivity contribution >= 4 is 23.4 Å². The Labute approximate surface area is 245 Å². The van der Waals surface area contributed by atoms with Crippen LogP contribution in [0.4, 0.5) is 0 Å². The van der Waals surface area contributed by atoms with Gasteiger partial charge in [0.15, 0.2) is 23.0 Å². The van der Waals surface area contributed by atoms with Crippen molar-refractivity contribution in [3.8, 4) is 23.0 Å². The highest BCUT2D eigenvalue weighted by Crippen LogP contribution is 2.48. The van der Waals surface area contributed by atoms with Crippen LogP contribution in [0, 0.1) is 5.92 Å². The molecule has 224 valence electrons. The maximum atomic E-state index is 14.0. The lowest BCUT2D eigenvalue weighted by molar-refractivity contribution is -0.141. The molecule has 1 aliphatic carbocycles. The number of rotatable bonds is 11. The molecule has 1 unspecified atom stereocenters. The number of esters is 2. The monoisotopic (exact) mass is 579 g/mol. The number of benzene rings is 2. The van der Waals surface area contributed by atoms with Crippen LogP contribution >= 0.6 is 0 Å². The smallest absolute Gasteiger partial charge is 0.336 e. The van der Waals surface area contributed by atoms with Crippen molar-refractivity contribution < 1.29 is 42.8 Å². The molecule has 0 saturated heterocycles. The van der Waals surface area contributed by atoms with E-state index in [0.29, 0.717) is 52.8 Å². The van der Waals surface area contributed by atoms with Crippen LogP contribution in [0.5, 0.6) is 23.0 Å². The fourth-order valence-corrected chi connectivity index (χ4v) is 5.67. The minimum absolute atomic E-state index is 0.0403. The number of nitrogens with zero attached hydrogens (tertiary/aromatic N) is 1. The Hall–Kier alpha value is -4.18. The van der Waals surface area contributed by atoms with E-state index >= 15 is 0 Å². The van der Waals surface area contributed by atoms with E-state index < -0.39 is 23.8 Å². The Bertz CT molecular complexity index is 1410. The zero-order chi connectivity index (χ0) is 30.4. The van der Waals surface area contributed by atoms with Crippen LogP contribution in [-0.4, -0.2) is 64.6 Å². The average Bonchev–Trinajstić information content (AvgIpc) is 2.96. The van der Waals surface area contributed by atoms with Crippen LogP contribution in [0.1, 0.15) is 56.6 Å². The predicted molar refractivity (Wildman–Crippen MR) is 155 cm³/mol. The SMILES string of the molecule is CCOc1cc([C@@H]2C(C(=O)OCCOC)=C(C)N=C3C[C@@H](c4ccc(OC)c(OC)c4)CC(=O)C32)ccc1OC(C)=O. The van der Waals surface area contributed by atoms with Gasteiger partial charge in [0.05, 0.1) is 38.9 Å². The van der Waals surface area contributed by atoms with Crippen molar-refractivity contribution in [2.24, 2.45) is 10.9 Å². The summed E-state index contributed by atoms with van der Waals surface area (Å²) in [5.74, 6) is -0.775. The number of hydrogen-bond acceptors (Lipinski definition) is 10. The molecule has 10 heteroatoms. The molecule has 42 heavy (non-hydrogen) atoms. The van der Waals surface area contributed by atoms with Crippen LogP contribution in [-0.2, 0) is 23.9 Å². The first-order chi connectivity index (χ1) is 20.2. The zero-order valence-electron chi connectivity index (χ0n) is 24.9. The number of allylic oxidation sites excluding steroid dienone is 1. The Kier molecular flexibility index (Phi) is 10.0. The number of carbonyl (C=O) groups excluding carboxylic acids is 3. The molecule has 0 spiro atoms. The number of ketones is 1. The second kappa shape index (κ2) is 13.7. The molecule has 10 nitrogen and oxygen atoms in total. The Morgan fingerprint density at radius 2 is 1.57 bits per heavy atom. The van der Waals surface area contributed by atoms with Crippen LogP contribution in [0.25, 0.3) is 0 Å². The summed E-state index contributed by atoms with van der Waals surface area (Å²) < 4.78 is 32.6. The van der Waals surface area contributed by atoms with Gasteiger partial charge in [-0.15, -0.1) is 0 Å². The largest absolute Gasteiger partial charge is 0.493 e. The highest BCUT2D eigenvalue weighted by molar-refractivity contribution is 6.12. The lowest BCUT2D eigenvalue weighted by Gasteiger charge is -2.38. The second-order valence-electron chi connectivity index (χ2n) is 10.1. The van der Waals surface area contributed by atoms with E-state index in [0.717, 1.165) is 5.56 Å². The van der Waals surface area contributed by atoms with E-state index in [1.54, 1.807) is 39.3 Å². The number of fused-ring (bicyclic) bond motifs is 1. The van der Waals surface area contributed by atoms with Gasteiger partial charge in [0.2, 0.25) is 0 Å². The summed E-state index contributed by atoms with van der Waals surface area (Å²) in [7, 11) is 4.67. The number of methoxy groups -OCH3 is 3. The molecule has 4 rings (SSSR count). The minimum Gasteiger partial charge on any atom is -0.493 e. The van der Waals surface area contributed by atoms with Gasteiger partial charge in [-0.05, 0) is 61.6 Å². The number of hydrogen-bond donors (Lipinski definition) is 0. The van der Waals surface area contributed by atoms with Gasteiger partial charge >= 0.3 is 11.9 Å². The molecular weight excluding hydrogens is 542 g/mol. The summed E-state index contributed by atoms with van der Waals surface area (Å²) in [5.41, 5.74) is 3.08. The molecule has 2 aromatic carbocycles. The van der Waals surface area contributed by atoms with Crippen molar-refractivity contribution in [3.05, 3.63) is 58.8 Å². The Balaban J connectivity index is 1.78. The topological polar surface area (TPSA) is 119 Å². The number of aliphatic imine (C=N–C) groups is 1. The van der Waals surface area contributed by atoms with Crippen molar-refractivity contribution in [2.75, 3.05) is 41.2 Å². The van der Waals surface area contributed by atoms with Crippen LogP contribution in [0.3, 0.4) is 0 Å². The molecule has 0 aromatic heterocycles. The standard InChI is InChI=1S/C32H37NO9/c1-7-40-28-17-21(9-11-26(28)42-19(3)34)30-29(32(36)41-13-12-37-4)18(2)33-23-14-22(15-24(35)31(23)30)20-8-10-25(38-5)27(16-20)39-6/h8-11,16-17,22,30-31H,7,12-15H2,1-6H3/t22-,30-,31?/m1/s1. The molecule has 0 amide bonds. The number of ether oxygens (including phenoxy) is 6. The van der Waals surface area contributed by atoms with Gasteiger partial charge in [-0.25, -0.2) is 4.79 Å². The average molecular weight is 580 g/mol. The number of carbonyl (C=O) groups is 3. The third-order valence-corrected chi connectivity index (χ3v) is 7.45. The first kappa shape index (κ1) is 30.8. The third-order valence-electron chi connectivity index (χ3n) is 7.45. The first-order valence-electron chi connectivity index (χ1n) is 13.9. The van der Waals surface area contributed by atoms with Crippen molar-refractivity contribution in [1.82, 2.24) is 0 Å². The van der Waals surface area contributed by atoms with Gasteiger partial charge < -0.3 is 28.4 Å². The molecule has 3 atom stereocenters. The summed E-state index contributed by atoms with van der Waals surface area (Å²) in [4.78, 5) is 43.9. The Morgan fingerprint density at radius 1 is 0.881 bits per heavy atom. The Morgan fingerprint density at radius 3 is 2.24 bits per heavy atom. The quantitative estimate of drug-likeness (QED) is 0.210. The van der Waals surface area contributed by atoms with E-state index in [4.69, 9.17) is 33.4 Å². The molecule has 2 aliphatic rings. The van der Waals surface area contributed by atoms with Gasteiger partial charge in [0.25, 0.3) is 0 Å². The molecule has 0 bridgehead atoms. The summed E-state index contributed by atoms with van der Waals surface area (Å²) in [6, 6.07) is 10.7. The molecular formula is C32H37NO9. The molecule has 1 heterocycles. The van der Waals surface area contributed by atoms with E-state index in [1.807, 2.05) is 25.1 Å². The van der Waals surface area contributed by atoms with E-state index in [-0.39, 0.29) is 37.1 Å². The van der Waals surface area contributed by atoms with Crippen molar-refractivity contribution in [2.45, 2.75) is 45.4 Å². The maximum absolute atomic E-state index is 14.0. The van der Waals surface area contributed by atoms with E-state index in [9.17, 15) is 14.4 Å². The van der Waals surface area contributed by atoms with Crippen LogP contribution in [0.15, 0.2) is 52.7 Å². The summed E-state index contributed by atoms with van der Waals surface area (Å²) in [5, 5.41) is 0. The third kappa shape index (κ3) is 6.49. The van der Waals surface area contributed by atoms with Gasteiger partial charge in [0.1, 0.15) is 12.4 Å². The fourth-order valence-electron chi connectivity index (χ4n) is 5.67. The molecule has 1 saturated carbocycles. The summed E-state index contributed by atoms with van der Waals surface area (Å²) in [6.45, 7) is 5.50. The lowest BCUT2D eigenvalue weighted by atomic mass is 9.66. The van der Waals surface area contributed by atoms with Crippen LogP contribution in [0.2, 0.25) is 0 Å². The molecule has 0 radical (unpaired) electrons. The molecule has 2 aromatic rings. The highest BCUT2D eigenvalue weighted by atomic mass is 16.6. The zero-order valence-corrected chi connectivity index (χ0v) is 24.9. The molecule has 1 fully saturated rings. The lowest BCUT2D eigenvalue weighted by Crippen LogP contribution is -2.41. The van der Waals surface area contributed by atoms with Gasteiger partial charge in [-0.3, -0.25) is 14.6 Å². The normalized spacial score (nSPS) is 19.9. The van der Waals surface area contributed by atoms with Gasteiger partial charge in [-0.2, -0.15) is 0 Å². The van der Waals surface area contributed by atoms with Crippen molar-refractivity contribution in [1.29, 1.82) is 0 Å². The van der Waals surface area contributed by atoms with E-state index in [2.05, 4.69) is 0 Å². The predicted octanol–water partition coefficient (Wildman–Crippen LogP) is 4.79. The van der Waals surface area contributed by atoms with Crippen LogP contribution < -0.4 is 18.9 Å². The highest BCUT2D eigenvalue weighted by Gasteiger charge is 2.46. The molecule has 1 aliphatic heterocycles. The van der Waals surface area contributed by atoms with E-state index in [1.165, 1.54) is 14.0 Å². The maximum Gasteiger partial charge on any atom is 0.336 e.